The van der Waals surface area contributed by atoms with E-state index >= 15 is 0 Å². The Balaban J connectivity index is 2.18. The predicted octanol–water partition coefficient (Wildman–Crippen LogP) is 2.52. The Labute approximate surface area is 102 Å². The van der Waals surface area contributed by atoms with Crippen LogP contribution in [-0.4, -0.2) is 15.0 Å². The standard InChI is InChI=1S/C11H10ClFN4/c12-7-2-1-3-8(9(7)13)17-10(6-4-5-6)11(14)15-16-17/h1-3,6H,4-5,14H2. The van der Waals surface area contributed by atoms with E-state index in [0.717, 1.165) is 18.5 Å². The molecule has 2 N–H and O–H groups in total. The Bertz CT molecular complexity index is 577. The maximum atomic E-state index is 13.9. The van der Waals surface area contributed by atoms with Gasteiger partial charge in [-0.05, 0) is 25.0 Å². The lowest BCUT2D eigenvalue weighted by molar-refractivity contribution is 0.603. The van der Waals surface area contributed by atoms with Gasteiger partial charge >= 0.3 is 0 Å². The number of hydrogen-bond donors (Lipinski definition) is 1. The van der Waals surface area contributed by atoms with Crippen LogP contribution in [0.3, 0.4) is 0 Å². The minimum Gasteiger partial charge on any atom is -0.381 e. The molecule has 0 bridgehead atoms. The Morgan fingerprint density at radius 3 is 2.88 bits per heavy atom. The number of anilines is 1. The maximum Gasteiger partial charge on any atom is 0.169 e. The molecule has 1 fully saturated rings. The molecule has 0 amide bonds. The normalized spacial score (nSPS) is 15.2. The van der Waals surface area contributed by atoms with Crippen LogP contribution in [0, 0.1) is 5.82 Å². The number of nitrogens with zero attached hydrogens (tertiary/aromatic N) is 3. The van der Waals surface area contributed by atoms with Crippen molar-refractivity contribution in [3.05, 3.63) is 34.7 Å². The SMILES string of the molecule is Nc1nnn(-c2cccc(Cl)c2F)c1C1CC1. The number of benzene rings is 1. The second kappa shape index (κ2) is 3.70. The summed E-state index contributed by atoms with van der Waals surface area (Å²) >= 11 is 5.75. The van der Waals surface area contributed by atoms with Crippen LogP contribution < -0.4 is 5.73 Å². The molecule has 1 aromatic carbocycles. The van der Waals surface area contributed by atoms with Gasteiger partial charge in [0.2, 0.25) is 0 Å². The molecule has 2 aromatic rings. The van der Waals surface area contributed by atoms with Crippen molar-refractivity contribution in [2.45, 2.75) is 18.8 Å². The fourth-order valence-corrected chi connectivity index (χ4v) is 2.04. The zero-order chi connectivity index (χ0) is 12.0. The quantitative estimate of drug-likeness (QED) is 0.894. The average Bonchev–Trinajstić information content (AvgIpc) is 3.07. The first kappa shape index (κ1) is 10.5. The first-order valence-corrected chi connectivity index (χ1v) is 5.71. The fourth-order valence-electron chi connectivity index (χ4n) is 1.87. The monoisotopic (exact) mass is 252 g/mol. The van der Waals surface area contributed by atoms with Gasteiger partial charge in [-0.3, -0.25) is 0 Å². The van der Waals surface area contributed by atoms with Gasteiger partial charge in [-0.1, -0.05) is 22.9 Å². The minimum absolute atomic E-state index is 0.0679. The highest BCUT2D eigenvalue weighted by Crippen LogP contribution is 2.43. The topological polar surface area (TPSA) is 56.7 Å². The van der Waals surface area contributed by atoms with Gasteiger partial charge in [-0.15, -0.1) is 5.10 Å². The van der Waals surface area contributed by atoms with Gasteiger partial charge in [0.05, 0.1) is 10.7 Å². The van der Waals surface area contributed by atoms with Gasteiger partial charge in [-0.2, -0.15) is 0 Å². The molecule has 17 heavy (non-hydrogen) atoms. The second-order valence-corrected chi connectivity index (χ2v) is 4.53. The van der Waals surface area contributed by atoms with E-state index in [-0.39, 0.29) is 5.02 Å². The van der Waals surface area contributed by atoms with Gasteiger partial charge < -0.3 is 5.73 Å². The molecule has 1 aliphatic carbocycles. The number of hydrogen-bond acceptors (Lipinski definition) is 3. The van der Waals surface area contributed by atoms with E-state index in [1.165, 1.54) is 10.7 Å². The maximum absolute atomic E-state index is 13.9. The van der Waals surface area contributed by atoms with E-state index in [1.54, 1.807) is 12.1 Å². The molecule has 1 heterocycles. The van der Waals surface area contributed by atoms with E-state index < -0.39 is 5.82 Å². The highest BCUT2D eigenvalue weighted by molar-refractivity contribution is 6.30. The Kier molecular flexibility index (Phi) is 2.29. The zero-order valence-corrected chi connectivity index (χ0v) is 9.65. The van der Waals surface area contributed by atoms with Crippen molar-refractivity contribution in [2.24, 2.45) is 0 Å². The van der Waals surface area contributed by atoms with E-state index in [4.69, 9.17) is 17.3 Å². The van der Waals surface area contributed by atoms with Crippen molar-refractivity contribution in [1.82, 2.24) is 15.0 Å². The second-order valence-electron chi connectivity index (χ2n) is 4.12. The van der Waals surface area contributed by atoms with Crippen molar-refractivity contribution in [1.29, 1.82) is 0 Å². The van der Waals surface area contributed by atoms with Crippen LogP contribution in [-0.2, 0) is 0 Å². The van der Waals surface area contributed by atoms with Crippen molar-refractivity contribution >= 4 is 17.4 Å². The van der Waals surface area contributed by atoms with Crippen LogP contribution >= 0.6 is 11.6 Å². The summed E-state index contributed by atoms with van der Waals surface area (Å²) in [7, 11) is 0. The van der Waals surface area contributed by atoms with Crippen molar-refractivity contribution in [3.63, 3.8) is 0 Å². The van der Waals surface area contributed by atoms with E-state index in [9.17, 15) is 4.39 Å². The summed E-state index contributed by atoms with van der Waals surface area (Å²) in [6.07, 6.45) is 2.08. The zero-order valence-electron chi connectivity index (χ0n) is 8.90. The third-order valence-electron chi connectivity index (χ3n) is 2.86. The molecule has 3 rings (SSSR count). The number of nitrogen functional groups attached to an aromatic ring is 1. The molecule has 6 heteroatoms. The number of aromatic nitrogens is 3. The molecule has 0 atom stereocenters. The number of nitrogens with two attached hydrogens (primary N) is 1. The van der Waals surface area contributed by atoms with Crippen LogP contribution in [0.2, 0.25) is 5.02 Å². The van der Waals surface area contributed by atoms with Crippen molar-refractivity contribution in [2.75, 3.05) is 5.73 Å². The van der Waals surface area contributed by atoms with Crippen LogP contribution in [0.5, 0.6) is 0 Å². The van der Waals surface area contributed by atoms with Gasteiger partial charge in [0, 0.05) is 5.92 Å². The predicted molar refractivity (Wildman–Crippen MR) is 62.7 cm³/mol. The molecule has 0 unspecified atom stereocenters. The summed E-state index contributed by atoms with van der Waals surface area (Å²) in [5.41, 5.74) is 6.84. The summed E-state index contributed by atoms with van der Waals surface area (Å²) in [6, 6.07) is 4.79. The van der Waals surface area contributed by atoms with E-state index in [0.29, 0.717) is 17.4 Å². The molecule has 1 aromatic heterocycles. The Morgan fingerprint density at radius 1 is 1.41 bits per heavy atom. The van der Waals surface area contributed by atoms with E-state index in [2.05, 4.69) is 10.3 Å². The molecule has 1 saturated carbocycles. The van der Waals surface area contributed by atoms with Crippen LogP contribution in [0.1, 0.15) is 24.5 Å². The lowest BCUT2D eigenvalue weighted by Crippen LogP contribution is -2.05. The van der Waals surface area contributed by atoms with Gasteiger partial charge in [-0.25, -0.2) is 9.07 Å². The van der Waals surface area contributed by atoms with Gasteiger partial charge in [0.25, 0.3) is 0 Å². The molecule has 0 aliphatic heterocycles. The molecule has 0 spiro atoms. The van der Waals surface area contributed by atoms with Crippen LogP contribution in [0.25, 0.3) is 5.69 Å². The van der Waals surface area contributed by atoms with Crippen LogP contribution in [0.15, 0.2) is 18.2 Å². The summed E-state index contributed by atoms with van der Waals surface area (Å²) in [5, 5.41) is 7.77. The first-order valence-electron chi connectivity index (χ1n) is 5.34. The number of rotatable bonds is 2. The smallest absolute Gasteiger partial charge is 0.169 e. The molecule has 0 radical (unpaired) electrons. The lowest BCUT2D eigenvalue weighted by atomic mass is 10.2. The Hall–Kier alpha value is -1.62. The lowest BCUT2D eigenvalue weighted by Gasteiger charge is -2.07. The average molecular weight is 253 g/mol. The third-order valence-corrected chi connectivity index (χ3v) is 3.15. The highest BCUT2D eigenvalue weighted by Gasteiger charge is 2.31. The third kappa shape index (κ3) is 1.67. The molecular formula is C11H10ClFN4. The summed E-state index contributed by atoms with van der Waals surface area (Å²) < 4.78 is 15.4. The Morgan fingerprint density at radius 2 is 2.18 bits per heavy atom. The largest absolute Gasteiger partial charge is 0.381 e. The summed E-state index contributed by atoms with van der Waals surface area (Å²) in [5.74, 6) is 0.205. The van der Waals surface area contributed by atoms with E-state index in [1.807, 2.05) is 0 Å². The summed E-state index contributed by atoms with van der Waals surface area (Å²) in [4.78, 5) is 0. The molecule has 88 valence electrons. The van der Waals surface area contributed by atoms with Crippen molar-refractivity contribution in [3.8, 4) is 5.69 Å². The number of halogens is 2. The molecule has 4 nitrogen and oxygen atoms in total. The summed E-state index contributed by atoms with van der Waals surface area (Å²) in [6.45, 7) is 0. The van der Waals surface area contributed by atoms with Gasteiger partial charge in [0.15, 0.2) is 11.6 Å². The fraction of sp³-hybridized carbons (Fsp3) is 0.273. The molecular weight excluding hydrogens is 243 g/mol. The van der Waals surface area contributed by atoms with Gasteiger partial charge in [0.1, 0.15) is 5.69 Å². The minimum atomic E-state index is -0.499. The highest BCUT2D eigenvalue weighted by atomic mass is 35.5. The molecule has 0 saturated heterocycles. The molecule has 1 aliphatic rings. The van der Waals surface area contributed by atoms with Crippen LogP contribution in [0.4, 0.5) is 10.2 Å². The first-order chi connectivity index (χ1) is 8.18. The van der Waals surface area contributed by atoms with Crippen molar-refractivity contribution < 1.29 is 4.39 Å².